The highest BCUT2D eigenvalue weighted by Crippen LogP contribution is 2.24. The van der Waals surface area contributed by atoms with Crippen LogP contribution in [0.3, 0.4) is 0 Å². The van der Waals surface area contributed by atoms with Gasteiger partial charge in [-0.1, -0.05) is 19.9 Å². The number of rotatable bonds is 4. The van der Waals surface area contributed by atoms with Gasteiger partial charge in [0.25, 0.3) is 5.91 Å². The lowest BCUT2D eigenvalue weighted by molar-refractivity contribution is 0.0746. The van der Waals surface area contributed by atoms with E-state index in [1.54, 1.807) is 23.2 Å². The molecule has 2 fully saturated rings. The molecule has 0 bridgehead atoms. The van der Waals surface area contributed by atoms with Crippen LogP contribution in [0.1, 0.15) is 35.3 Å². The number of hydrogen-bond donors (Lipinski definition) is 1. The first kappa shape index (κ1) is 21.1. The van der Waals surface area contributed by atoms with Crippen molar-refractivity contribution in [2.45, 2.75) is 33.7 Å². The maximum absolute atomic E-state index is 13.0. The third-order valence-corrected chi connectivity index (χ3v) is 6.08. The molecule has 31 heavy (non-hydrogen) atoms. The maximum atomic E-state index is 13.0. The average Bonchev–Trinajstić information content (AvgIpc) is 3.15. The molecule has 0 radical (unpaired) electrons. The molecule has 164 valence electrons. The summed E-state index contributed by atoms with van der Waals surface area (Å²) < 4.78 is 0. The van der Waals surface area contributed by atoms with Crippen LogP contribution in [0.5, 0.6) is 0 Å². The second-order valence-corrected chi connectivity index (χ2v) is 8.70. The summed E-state index contributed by atoms with van der Waals surface area (Å²) >= 11 is 0. The van der Waals surface area contributed by atoms with Crippen molar-refractivity contribution in [2.24, 2.45) is 5.92 Å². The maximum Gasteiger partial charge on any atom is 0.323 e. The highest BCUT2D eigenvalue weighted by atomic mass is 16.2. The molecule has 1 atom stereocenters. The number of piperazine rings is 1. The summed E-state index contributed by atoms with van der Waals surface area (Å²) in [4.78, 5) is 40.0. The number of amides is 3. The van der Waals surface area contributed by atoms with E-state index in [-0.39, 0.29) is 18.0 Å². The van der Waals surface area contributed by atoms with Gasteiger partial charge in [-0.3, -0.25) is 9.69 Å². The minimum Gasteiger partial charge on any atom is -0.353 e. The first-order valence-corrected chi connectivity index (χ1v) is 10.9. The first-order valence-electron chi connectivity index (χ1n) is 10.9. The second kappa shape index (κ2) is 8.53. The van der Waals surface area contributed by atoms with Crippen LogP contribution in [0, 0.1) is 19.8 Å². The first-order chi connectivity index (χ1) is 14.8. The summed E-state index contributed by atoms with van der Waals surface area (Å²) in [6.45, 7) is 11.7. The van der Waals surface area contributed by atoms with Crippen molar-refractivity contribution in [1.29, 1.82) is 0 Å². The van der Waals surface area contributed by atoms with E-state index < -0.39 is 0 Å². The SMILES string of the molecule is Cc1cnc(N2CCN(C(=O)c3ccc(N4C(=O)NCC4C(C)C)nc3)CC2)c(C)c1. The average molecular weight is 423 g/mol. The van der Waals surface area contributed by atoms with Crippen LogP contribution in [0.15, 0.2) is 30.6 Å². The molecule has 2 aliphatic rings. The summed E-state index contributed by atoms with van der Waals surface area (Å²) in [6.07, 6.45) is 3.47. The summed E-state index contributed by atoms with van der Waals surface area (Å²) in [5.41, 5.74) is 2.85. The molecule has 4 heterocycles. The van der Waals surface area contributed by atoms with E-state index in [0.717, 1.165) is 30.0 Å². The van der Waals surface area contributed by atoms with Gasteiger partial charge in [0.2, 0.25) is 0 Å². The Morgan fingerprint density at radius 3 is 2.45 bits per heavy atom. The number of aryl methyl sites for hydroxylation is 2. The van der Waals surface area contributed by atoms with Gasteiger partial charge >= 0.3 is 6.03 Å². The lowest BCUT2D eigenvalue weighted by atomic mass is 10.0. The van der Waals surface area contributed by atoms with Crippen molar-refractivity contribution in [1.82, 2.24) is 20.2 Å². The van der Waals surface area contributed by atoms with Crippen LogP contribution in [0.25, 0.3) is 0 Å². The van der Waals surface area contributed by atoms with E-state index in [1.165, 1.54) is 0 Å². The zero-order valence-electron chi connectivity index (χ0n) is 18.6. The zero-order chi connectivity index (χ0) is 22.1. The fourth-order valence-electron chi connectivity index (χ4n) is 4.32. The predicted molar refractivity (Wildman–Crippen MR) is 121 cm³/mol. The van der Waals surface area contributed by atoms with Gasteiger partial charge in [0.15, 0.2) is 0 Å². The number of nitrogens with one attached hydrogen (secondary N) is 1. The summed E-state index contributed by atoms with van der Waals surface area (Å²) in [7, 11) is 0. The molecule has 2 aromatic heterocycles. The fourth-order valence-corrected chi connectivity index (χ4v) is 4.32. The van der Waals surface area contributed by atoms with E-state index in [0.29, 0.717) is 36.9 Å². The summed E-state index contributed by atoms with van der Waals surface area (Å²) in [6, 6.07) is 5.60. The topological polar surface area (TPSA) is 81.7 Å². The van der Waals surface area contributed by atoms with E-state index in [1.807, 2.05) is 18.0 Å². The highest BCUT2D eigenvalue weighted by Gasteiger charge is 2.35. The fraction of sp³-hybridized carbons (Fsp3) is 0.478. The predicted octanol–water partition coefficient (Wildman–Crippen LogP) is 2.61. The highest BCUT2D eigenvalue weighted by molar-refractivity contribution is 5.96. The number of urea groups is 1. The molecule has 0 aliphatic carbocycles. The van der Waals surface area contributed by atoms with Gasteiger partial charge in [0.05, 0.1) is 11.6 Å². The number of aromatic nitrogens is 2. The van der Waals surface area contributed by atoms with Crippen molar-refractivity contribution < 1.29 is 9.59 Å². The minimum absolute atomic E-state index is 0.0291. The van der Waals surface area contributed by atoms with Crippen molar-refractivity contribution in [3.8, 4) is 0 Å². The normalized spacial score (nSPS) is 19.2. The lowest BCUT2D eigenvalue weighted by Gasteiger charge is -2.36. The molecular weight excluding hydrogens is 392 g/mol. The van der Waals surface area contributed by atoms with Crippen LogP contribution in [0.4, 0.5) is 16.4 Å². The molecular formula is C23H30N6O2. The molecule has 0 saturated carbocycles. The number of carbonyl (C=O) groups excluding carboxylic acids is 2. The van der Waals surface area contributed by atoms with E-state index in [9.17, 15) is 9.59 Å². The molecule has 0 aromatic carbocycles. The van der Waals surface area contributed by atoms with Gasteiger partial charge in [-0.25, -0.2) is 14.8 Å². The number of nitrogens with zero attached hydrogens (tertiary/aromatic N) is 5. The summed E-state index contributed by atoms with van der Waals surface area (Å²) in [5, 5.41) is 2.88. The van der Waals surface area contributed by atoms with Gasteiger partial charge in [0, 0.05) is 45.1 Å². The standard InChI is InChI=1S/C23H30N6O2/c1-15(2)19-14-26-23(31)29(19)20-6-5-18(13-24-20)22(30)28-9-7-27(8-10-28)21-17(4)11-16(3)12-25-21/h5-6,11-13,15,19H,7-10,14H2,1-4H3,(H,26,31). The molecule has 8 nitrogen and oxygen atoms in total. The molecule has 2 saturated heterocycles. The molecule has 0 spiro atoms. The van der Waals surface area contributed by atoms with Crippen LogP contribution < -0.4 is 15.1 Å². The van der Waals surface area contributed by atoms with Gasteiger partial charge in [0.1, 0.15) is 11.6 Å². The number of pyridine rings is 2. The number of carbonyl (C=O) groups is 2. The second-order valence-electron chi connectivity index (χ2n) is 8.70. The Bertz CT molecular complexity index is 967. The summed E-state index contributed by atoms with van der Waals surface area (Å²) in [5.74, 6) is 1.85. The number of anilines is 2. The van der Waals surface area contributed by atoms with Gasteiger partial charge in [-0.05, 0) is 43.0 Å². The van der Waals surface area contributed by atoms with E-state index in [2.05, 4.69) is 47.0 Å². The molecule has 3 amide bonds. The molecule has 4 rings (SSSR count). The smallest absolute Gasteiger partial charge is 0.323 e. The Balaban J connectivity index is 1.41. The van der Waals surface area contributed by atoms with Gasteiger partial charge in [-0.15, -0.1) is 0 Å². The quantitative estimate of drug-likeness (QED) is 0.819. The molecule has 8 heteroatoms. The van der Waals surface area contributed by atoms with E-state index in [4.69, 9.17) is 0 Å². The van der Waals surface area contributed by atoms with Gasteiger partial charge in [-0.2, -0.15) is 0 Å². The minimum atomic E-state index is -0.138. The van der Waals surface area contributed by atoms with Crippen LogP contribution in [-0.2, 0) is 0 Å². The van der Waals surface area contributed by atoms with Crippen molar-refractivity contribution in [3.63, 3.8) is 0 Å². The zero-order valence-corrected chi connectivity index (χ0v) is 18.6. The Hall–Kier alpha value is -3.16. The lowest BCUT2D eigenvalue weighted by Crippen LogP contribution is -2.49. The molecule has 2 aromatic rings. The van der Waals surface area contributed by atoms with Gasteiger partial charge < -0.3 is 15.1 Å². The van der Waals surface area contributed by atoms with Crippen LogP contribution >= 0.6 is 0 Å². The van der Waals surface area contributed by atoms with Crippen LogP contribution in [0.2, 0.25) is 0 Å². The molecule has 2 aliphatic heterocycles. The largest absolute Gasteiger partial charge is 0.353 e. The Kier molecular flexibility index (Phi) is 5.80. The Morgan fingerprint density at radius 2 is 1.84 bits per heavy atom. The van der Waals surface area contributed by atoms with Crippen molar-refractivity contribution in [3.05, 3.63) is 47.3 Å². The monoisotopic (exact) mass is 422 g/mol. The molecule has 1 unspecified atom stereocenters. The molecule has 1 N–H and O–H groups in total. The third-order valence-electron chi connectivity index (χ3n) is 6.08. The Labute approximate surface area is 183 Å². The Morgan fingerprint density at radius 1 is 1.10 bits per heavy atom. The number of hydrogen-bond acceptors (Lipinski definition) is 5. The van der Waals surface area contributed by atoms with Crippen molar-refractivity contribution >= 4 is 23.6 Å². The van der Waals surface area contributed by atoms with Crippen LogP contribution in [-0.4, -0.2) is 65.6 Å². The third kappa shape index (κ3) is 4.19. The van der Waals surface area contributed by atoms with Crippen molar-refractivity contribution in [2.75, 3.05) is 42.5 Å². The van der Waals surface area contributed by atoms with E-state index >= 15 is 0 Å².